The molecule has 2 saturated heterocycles. The van der Waals surface area contributed by atoms with Gasteiger partial charge in [0.2, 0.25) is 5.91 Å². The van der Waals surface area contributed by atoms with E-state index in [1.54, 1.807) is 0 Å². The van der Waals surface area contributed by atoms with Crippen LogP contribution in [0.1, 0.15) is 57.8 Å². The zero-order valence-electron chi connectivity index (χ0n) is 37.5. The molecule has 19 nitrogen and oxygen atoms in total. The van der Waals surface area contributed by atoms with Gasteiger partial charge in [0.15, 0.2) is 0 Å². The first kappa shape index (κ1) is 55.0. The molecule has 63 heavy (non-hydrogen) atoms. The molecule has 0 aromatic carbocycles. The molecule has 0 spiro atoms. The molecular formula is C43H78N4O15S. The van der Waals surface area contributed by atoms with E-state index in [0.717, 1.165) is 57.1 Å². The van der Waals surface area contributed by atoms with Crippen molar-refractivity contribution in [3.8, 4) is 0 Å². The molecule has 0 bridgehead atoms. The summed E-state index contributed by atoms with van der Waals surface area (Å²) in [4.78, 5) is 35.5. The number of carbonyl (C=O) groups is 3. The van der Waals surface area contributed by atoms with E-state index in [0.29, 0.717) is 170 Å². The van der Waals surface area contributed by atoms with Gasteiger partial charge in [-0.3, -0.25) is 4.79 Å². The Hall–Kier alpha value is -2.34. The van der Waals surface area contributed by atoms with Crippen molar-refractivity contribution in [1.29, 1.82) is 0 Å². The van der Waals surface area contributed by atoms with E-state index in [1.165, 1.54) is 0 Å². The summed E-state index contributed by atoms with van der Waals surface area (Å²) < 4.78 is 66.0. The maximum atomic E-state index is 12.1. The van der Waals surface area contributed by atoms with Gasteiger partial charge in [-0.2, -0.15) is 11.8 Å². The number of alkyl carbamates (subject to hydrolysis) is 1. The van der Waals surface area contributed by atoms with Crippen LogP contribution in [-0.4, -0.2) is 206 Å². The molecule has 4 N–H and O–H groups in total. The van der Waals surface area contributed by atoms with Crippen molar-refractivity contribution in [2.45, 2.75) is 81.2 Å². The van der Waals surface area contributed by atoms with Gasteiger partial charge >= 0.3 is 12.1 Å². The number of unbranched alkanes of at least 4 members (excludes halogenated alkanes) is 1. The molecule has 1 unspecified atom stereocenters. The highest BCUT2D eigenvalue weighted by atomic mass is 32.2. The third kappa shape index (κ3) is 31.3. The van der Waals surface area contributed by atoms with E-state index in [4.69, 9.17) is 56.8 Å². The predicted molar refractivity (Wildman–Crippen MR) is 236 cm³/mol. The van der Waals surface area contributed by atoms with Crippen molar-refractivity contribution in [2.24, 2.45) is 0 Å². The molecule has 366 valence electrons. The average Bonchev–Trinajstić information content (AvgIpc) is 3.83. The van der Waals surface area contributed by atoms with E-state index < -0.39 is 0 Å². The van der Waals surface area contributed by atoms with Gasteiger partial charge in [0, 0.05) is 30.5 Å². The molecule has 3 rings (SSSR count). The Morgan fingerprint density at radius 2 is 1.00 bits per heavy atom. The summed E-state index contributed by atoms with van der Waals surface area (Å²) in [5.74, 6) is 0.997. The molecular weight excluding hydrogens is 845 g/mol. The van der Waals surface area contributed by atoms with E-state index in [9.17, 15) is 14.4 Å². The molecule has 0 saturated carbocycles. The smallest absolute Gasteiger partial charge is 0.407 e. The molecule has 3 aliphatic rings. The lowest BCUT2D eigenvalue weighted by molar-refractivity contribution is -0.121. The number of rotatable bonds is 42. The van der Waals surface area contributed by atoms with Crippen LogP contribution in [-0.2, 0) is 61.6 Å². The van der Waals surface area contributed by atoms with Crippen LogP contribution in [0.25, 0.3) is 0 Å². The number of nitrogens with one attached hydrogen (secondary N) is 4. The summed E-state index contributed by atoms with van der Waals surface area (Å²) in [6.45, 7) is 11.2. The molecule has 2 fully saturated rings. The minimum absolute atomic E-state index is 0.0136. The van der Waals surface area contributed by atoms with E-state index in [-0.39, 0.29) is 36.2 Å². The standard InChI is InChI=1S/C43H78N4O15S/c48-40(11-7-6-10-39-41-38(36-63-39)46-42(49)47-41)44-12-14-51-16-18-53-20-22-55-24-26-57-28-30-59-32-34-61-35-33-60-31-29-58-27-25-56-23-21-54-19-17-52-15-13-45-43(50)62-37-8-4-2-1-3-5-9-37/h1-2,37-39,41H,3-36H2,(H,44,48)(H,45,50)(H2,46,47,49)/b2-1+/t37?,38-,39-,41-/m0/s1. The summed E-state index contributed by atoms with van der Waals surface area (Å²) in [6, 6.07) is 0.397. The Labute approximate surface area is 379 Å². The summed E-state index contributed by atoms with van der Waals surface area (Å²) in [7, 11) is 0. The molecule has 1 aliphatic carbocycles. The van der Waals surface area contributed by atoms with Gasteiger partial charge in [0.05, 0.1) is 157 Å². The van der Waals surface area contributed by atoms with Crippen molar-refractivity contribution < 1.29 is 71.2 Å². The highest BCUT2D eigenvalue weighted by molar-refractivity contribution is 8.00. The molecule has 2 heterocycles. The molecule has 4 amide bonds. The number of hydrogen-bond donors (Lipinski definition) is 4. The first-order valence-electron chi connectivity index (χ1n) is 23.0. The second kappa shape index (κ2) is 40.0. The van der Waals surface area contributed by atoms with Crippen molar-refractivity contribution >= 4 is 29.8 Å². The summed E-state index contributed by atoms with van der Waals surface area (Å²) in [5.41, 5.74) is 0. The number of amides is 4. The van der Waals surface area contributed by atoms with Crippen LogP contribution in [0.4, 0.5) is 9.59 Å². The zero-order chi connectivity index (χ0) is 44.5. The van der Waals surface area contributed by atoms with Gasteiger partial charge in [0.25, 0.3) is 0 Å². The number of thioether (sulfide) groups is 1. The van der Waals surface area contributed by atoms with Crippen LogP contribution in [0.2, 0.25) is 0 Å². The predicted octanol–water partition coefficient (Wildman–Crippen LogP) is 2.63. The molecule has 0 aromatic rings. The van der Waals surface area contributed by atoms with Gasteiger partial charge in [0.1, 0.15) is 6.10 Å². The third-order valence-electron chi connectivity index (χ3n) is 9.88. The van der Waals surface area contributed by atoms with E-state index >= 15 is 0 Å². The lowest BCUT2D eigenvalue weighted by atomic mass is 10.0. The summed E-state index contributed by atoms with van der Waals surface area (Å²) in [5, 5.41) is 12.0. The fraction of sp³-hybridized carbons (Fsp3) is 0.884. The van der Waals surface area contributed by atoms with Crippen molar-refractivity contribution in [2.75, 3.05) is 164 Å². The largest absolute Gasteiger partial charge is 0.446 e. The number of fused-ring (bicyclic) bond motifs is 1. The molecule has 0 radical (unpaired) electrons. The van der Waals surface area contributed by atoms with Crippen molar-refractivity contribution in [3.05, 3.63) is 12.2 Å². The summed E-state index contributed by atoms with van der Waals surface area (Å²) in [6.07, 6.45) is 12.1. The van der Waals surface area contributed by atoms with Gasteiger partial charge in [-0.05, 0) is 44.9 Å². The van der Waals surface area contributed by atoms with Crippen LogP contribution in [0, 0.1) is 0 Å². The van der Waals surface area contributed by atoms with Gasteiger partial charge < -0.3 is 78.1 Å². The fourth-order valence-electron chi connectivity index (χ4n) is 6.59. The number of hydrogen-bond acceptors (Lipinski definition) is 16. The third-order valence-corrected chi connectivity index (χ3v) is 11.4. The minimum atomic E-state index is -0.381. The Kier molecular flexibility index (Phi) is 34.9. The van der Waals surface area contributed by atoms with E-state index in [2.05, 4.69) is 33.4 Å². The number of ether oxygens (including phenoxy) is 12. The van der Waals surface area contributed by atoms with Crippen LogP contribution >= 0.6 is 11.8 Å². The number of carbonyl (C=O) groups excluding carboxylic acids is 3. The maximum Gasteiger partial charge on any atom is 0.407 e. The van der Waals surface area contributed by atoms with Crippen LogP contribution in [0.3, 0.4) is 0 Å². The second-order valence-corrected chi connectivity index (χ2v) is 16.2. The highest BCUT2D eigenvalue weighted by Gasteiger charge is 2.42. The highest BCUT2D eigenvalue weighted by Crippen LogP contribution is 2.33. The second-order valence-electron chi connectivity index (χ2n) is 14.9. The maximum absolute atomic E-state index is 12.1. The Balaban J connectivity index is 0.885. The zero-order valence-corrected chi connectivity index (χ0v) is 38.4. The van der Waals surface area contributed by atoms with Gasteiger partial charge in [-0.1, -0.05) is 18.6 Å². The Morgan fingerprint density at radius 1 is 0.556 bits per heavy atom. The van der Waals surface area contributed by atoms with Crippen LogP contribution < -0.4 is 21.3 Å². The first-order chi connectivity index (χ1) is 31.1. The monoisotopic (exact) mass is 923 g/mol. The van der Waals surface area contributed by atoms with Crippen molar-refractivity contribution in [1.82, 2.24) is 21.3 Å². The molecule has 4 atom stereocenters. The molecule has 0 aromatic heterocycles. The molecule has 20 heteroatoms. The quantitative estimate of drug-likeness (QED) is 0.0394. The topological polar surface area (TPSA) is 210 Å². The average molecular weight is 923 g/mol. The summed E-state index contributed by atoms with van der Waals surface area (Å²) >= 11 is 1.90. The minimum Gasteiger partial charge on any atom is -0.446 e. The normalized spacial score (nSPS) is 20.1. The molecule has 2 aliphatic heterocycles. The first-order valence-corrected chi connectivity index (χ1v) is 24.1. The van der Waals surface area contributed by atoms with Crippen molar-refractivity contribution in [3.63, 3.8) is 0 Å². The van der Waals surface area contributed by atoms with Gasteiger partial charge in [-0.25, -0.2) is 9.59 Å². The number of urea groups is 1. The Bertz CT molecular complexity index is 1170. The number of allylic oxidation sites excluding steroid dienone is 2. The lowest BCUT2D eigenvalue weighted by Crippen LogP contribution is -2.36. The van der Waals surface area contributed by atoms with E-state index in [1.807, 2.05) is 11.8 Å². The van der Waals surface area contributed by atoms with Crippen LogP contribution in [0.5, 0.6) is 0 Å². The van der Waals surface area contributed by atoms with Crippen LogP contribution in [0.15, 0.2) is 12.2 Å². The Morgan fingerprint density at radius 3 is 1.49 bits per heavy atom. The fourth-order valence-corrected chi connectivity index (χ4v) is 8.13. The SMILES string of the molecule is O=C(CCCC[C@@H]1SC[C@@H]2NC(=O)N[C@@H]21)NCCOCCOCCOCCOCCOCCOCCOCCOCCOCCOCCOCCNC(=O)OC1CC/C=C/CCC1. The lowest BCUT2D eigenvalue weighted by Gasteiger charge is -2.18. The van der Waals surface area contributed by atoms with Gasteiger partial charge in [-0.15, -0.1) is 0 Å².